The van der Waals surface area contributed by atoms with Gasteiger partial charge in [0.2, 0.25) is 0 Å². The molecule has 1 aliphatic rings. The van der Waals surface area contributed by atoms with Gasteiger partial charge in [0.25, 0.3) is 0 Å². The van der Waals surface area contributed by atoms with Gasteiger partial charge in [-0.15, -0.1) is 0 Å². The predicted octanol–water partition coefficient (Wildman–Crippen LogP) is 3.47. The first-order valence-corrected chi connectivity index (χ1v) is 6.47. The highest BCUT2D eigenvalue weighted by Gasteiger charge is 2.27. The topological polar surface area (TPSA) is 35.2 Å². The summed E-state index contributed by atoms with van der Waals surface area (Å²) in [5.41, 5.74) is 8.10. The van der Waals surface area contributed by atoms with E-state index < -0.39 is 0 Å². The van der Waals surface area contributed by atoms with E-state index in [9.17, 15) is 0 Å². The van der Waals surface area contributed by atoms with Crippen molar-refractivity contribution in [2.45, 2.75) is 51.7 Å². The summed E-state index contributed by atoms with van der Waals surface area (Å²) < 4.78 is 5.90. The molecule has 0 aliphatic heterocycles. The lowest BCUT2D eigenvalue weighted by Crippen LogP contribution is -2.34. The lowest BCUT2D eigenvalue weighted by Gasteiger charge is -2.22. The van der Waals surface area contributed by atoms with Crippen LogP contribution in [-0.2, 0) is 6.42 Å². The summed E-state index contributed by atoms with van der Waals surface area (Å²) in [5, 5.41) is 0.705. The normalized spacial score (nSPS) is 16.1. The van der Waals surface area contributed by atoms with Crippen molar-refractivity contribution in [3.8, 4) is 5.75 Å². The van der Waals surface area contributed by atoms with Crippen LogP contribution in [0.15, 0.2) is 12.1 Å². The van der Waals surface area contributed by atoms with Gasteiger partial charge in [-0.3, -0.25) is 0 Å². The molecule has 0 saturated heterocycles. The first-order chi connectivity index (χ1) is 7.85. The second-order valence-corrected chi connectivity index (χ2v) is 6.12. The average molecular weight is 254 g/mol. The van der Waals surface area contributed by atoms with E-state index >= 15 is 0 Å². The molecule has 1 fully saturated rings. The van der Waals surface area contributed by atoms with Gasteiger partial charge in [0.15, 0.2) is 0 Å². The van der Waals surface area contributed by atoms with Crippen LogP contribution in [0.3, 0.4) is 0 Å². The predicted molar refractivity (Wildman–Crippen MR) is 71.8 cm³/mol. The fourth-order valence-corrected chi connectivity index (χ4v) is 2.25. The maximum absolute atomic E-state index is 6.27. The van der Waals surface area contributed by atoms with Gasteiger partial charge >= 0.3 is 0 Å². The monoisotopic (exact) mass is 253 g/mol. The summed E-state index contributed by atoms with van der Waals surface area (Å²) >= 11 is 6.27. The number of halogens is 1. The Balaban J connectivity index is 2.32. The van der Waals surface area contributed by atoms with Crippen molar-refractivity contribution >= 4 is 11.6 Å². The summed E-state index contributed by atoms with van der Waals surface area (Å²) in [7, 11) is 0. The Morgan fingerprint density at radius 1 is 1.41 bits per heavy atom. The molecule has 1 aromatic rings. The second kappa shape index (κ2) is 4.51. The molecule has 0 amide bonds. The SMILES string of the molecule is Cc1cc(Cl)c(OC2CC2)c(CC(C)(C)N)c1. The minimum absolute atomic E-state index is 0.251. The molecule has 0 atom stereocenters. The molecule has 0 heterocycles. The van der Waals surface area contributed by atoms with Crippen molar-refractivity contribution in [3.63, 3.8) is 0 Å². The van der Waals surface area contributed by atoms with Gasteiger partial charge in [-0.2, -0.15) is 0 Å². The third-order valence-electron chi connectivity index (χ3n) is 2.72. The van der Waals surface area contributed by atoms with Crippen LogP contribution in [0.2, 0.25) is 5.02 Å². The molecule has 1 aromatic carbocycles. The smallest absolute Gasteiger partial charge is 0.141 e. The zero-order chi connectivity index (χ0) is 12.6. The van der Waals surface area contributed by atoms with Gasteiger partial charge in [0, 0.05) is 5.54 Å². The first kappa shape index (κ1) is 12.7. The van der Waals surface area contributed by atoms with Crippen molar-refractivity contribution in [2.75, 3.05) is 0 Å². The summed E-state index contributed by atoms with van der Waals surface area (Å²) in [6.45, 7) is 6.08. The molecular formula is C14H20ClNO. The van der Waals surface area contributed by atoms with Gasteiger partial charge in [0.05, 0.1) is 11.1 Å². The minimum Gasteiger partial charge on any atom is -0.489 e. The van der Waals surface area contributed by atoms with E-state index in [0.29, 0.717) is 11.1 Å². The van der Waals surface area contributed by atoms with Gasteiger partial charge in [-0.25, -0.2) is 0 Å². The van der Waals surface area contributed by atoms with Gasteiger partial charge in [-0.1, -0.05) is 17.7 Å². The molecule has 0 aromatic heterocycles. The number of aryl methyl sites for hydroxylation is 1. The standard InChI is InChI=1S/C14H20ClNO/c1-9-6-10(8-14(2,3)16)13(12(15)7-9)17-11-4-5-11/h6-7,11H,4-5,8,16H2,1-3H3. The van der Waals surface area contributed by atoms with Gasteiger partial charge in [-0.05, 0) is 57.2 Å². The van der Waals surface area contributed by atoms with Crippen molar-refractivity contribution < 1.29 is 4.74 Å². The maximum Gasteiger partial charge on any atom is 0.141 e. The number of nitrogens with two attached hydrogens (primary N) is 1. The fourth-order valence-electron chi connectivity index (χ4n) is 1.91. The summed E-state index contributed by atoms with van der Waals surface area (Å²) in [5.74, 6) is 0.832. The van der Waals surface area contributed by atoms with E-state index in [1.165, 1.54) is 0 Å². The Morgan fingerprint density at radius 2 is 2.06 bits per heavy atom. The molecule has 1 saturated carbocycles. The molecule has 3 heteroatoms. The molecule has 94 valence electrons. The summed E-state index contributed by atoms with van der Waals surface area (Å²) in [6, 6.07) is 4.07. The molecule has 2 nitrogen and oxygen atoms in total. The first-order valence-electron chi connectivity index (χ1n) is 6.10. The van der Waals surface area contributed by atoms with E-state index in [-0.39, 0.29) is 5.54 Å². The van der Waals surface area contributed by atoms with Gasteiger partial charge < -0.3 is 10.5 Å². The molecular weight excluding hydrogens is 234 g/mol. The highest BCUT2D eigenvalue weighted by molar-refractivity contribution is 6.32. The second-order valence-electron chi connectivity index (χ2n) is 5.72. The molecule has 0 spiro atoms. The van der Waals surface area contributed by atoms with Crippen LogP contribution < -0.4 is 10.5 Å². The van der Waals surface area contributed by atoms with Crippen LogP contribution in [-0.4, -0.2) is 11.6 Å². The summed E-state index contributed by atoms with van der Waals surface area (Å²) in [4.78, 5) is 0. The average Bonchev–Trinajstić information content (AvgIpc) is 2.91. The van der Waals surface area contributed by atoms with E-state index in [2.05, 4.69) is 6.07 Å². The Hall–Kier alpha value is -0.730. The minimum atomic E-state index is -0.251. The third kappa shape index (κ3) is 3.62. The van der Waals surface area contributed by atoms with E-state index in [1.54, 1.807) is 0 Å². The molecule has 0 radical (unpaired) electrons. The number of hydrogen-bond donors (Lipinski definition) is 1. The lowest BCUT2D eigenvalue weighted by molar-refractivity contribution is 0.298. The largest absolute Gasteiger partial charge is 0.489 e. The van der Waals surface area contributed by atoms with Crippen molar-refractivity contribution in [3.05, 3.63) is 28.3 Å². The van der Waals surface area contributed by atoms with Crippen LogP contribution in [0, 0.1) is 6.92 Å². The molecule has 2 rings (SSSR count). The lowest BCUT2D eigenvalue weighted by atomic mass is 9.94. The summed E-state index contributed by atoms with van der Waals surface area (Å²) in [6.07, 6.45) is 3.40. The maximum atomic E-state index is 6.27. The Morgan fingerprint density at radius 3 is 2.59 bits per heavy atom. The van der Waals surface area contributed by atoms with Crippen LogP contribution in [0.4, 0.5) is 0 Å². The number of ether oxygens (including phenoxy) is 1. The molecule has 0 bridgehead atoms. The highest BCUT2D eigenvalue weighted by atomic mass is 35.5. The van der Waals surface area contributed by atoms with Crippen molar-refractivity contribution in [2.24, 2.45) is 5.73 Å². The van der Waals surface area contributed by atoms with Gasteiger partial charge in [0.1, 0.15) is 5.75 Å². The number of benzene rings is 1. The Labute approximate surface area is 108 Å². The molecule has 17 heavy (non-hydrogen) atoms. The van der Waals surface area contributed by atoms with E-state index in [4.69, 9.17) is 22.1 Å². The van der Waals surface area contributed by atoms with Crippen molar-refractivity contribution in [1.82, 2.24) is 0 Å². The van der Waals surface area contributed by atoms with Crippen molar-refractivity contribution in [1.29, 1.82) is 0 Å². The van der Waals surface area contributed by atoms with E-state index in [1.807, 2.05) is 26.8 Å². The highest BCUT2D eigenvalue weighted by Crippen LogP contribution is 2.36. The van der Waals surface area contributed by atoms with E-state index in [0.717, 1.165) is 36.1 Å². The molecule has 0 unspecified atom stereocenters. The molecule has 2 N–H and O–H groups in total. The zero-order valence-electron chi connectivity index (χ0n) is 10.7. The van der Waals surface area contributed by atoms with Crippen LogP contribution in [0.1, 0.15) is 37.8 Å². The number of rotatable bonds is 4. The van der Waals surface area contributed by atoms with Crippen LogP contribution in [0.5, 0.6) is 5.75 Å². The Bertz CT molecular complexity index is 419. The molecule has 1 aliphatic carbocycles. The third-order valence-corrected chi connectivity index (χ3v) is 3.00. The number of hydrogen-bond acceptors (Lipinski definition) is 2. The van der Waals surface area contributed by atoms with Crippen LogP contribution in [0.25, 0.3) is 0 Å². The quantitative estimate of drug-likeness (QED) is 0.892. The fraction of sp³-hybridized carbons (Fsp3) is 0.571. The Kier molecular flexibility index (Phi) is 3.37. The zero-order valence-corrected chi connectivity index (χ0v) is 11.5. The van der Waals surface area contributed by atoms with Crippen LogP contribution >= 0.6 is 11.6 Å².